The molecule has 0 aliphatic carbocycles. The Kier molecular flexibility index (Phi) is 2.45. The number of rotatable bonds is 1. The van der Waals surface area contributed by atoms with E-state index in [4.69, 9.17) is 0 Å². The minimum Gasteiger partial charge on any atom is -0.370 e. The first-order valence-electron chi connectivity index (χ1n) is 5.90. The molecule has 5 heteroatoms. The maximum Gasteiger partial charge on any atom is 0.322 e. The lowest BCUT2D eigenvalue weighted by atomic mass is 9.75. The van der Waals surface area contributed by atoms with Crippen LogP contribution >= 0.6 is 0 Å². The molecule has 0 aromatic rings. The topological polar surface area (TPSA) is 61.4 Å². The summed E-state index contributed by atoms with van der Waals surface area (Å²) in [5, 5.41) is 5.08. The van der Waals surface area contributed by atoms with E-state index in [0.717, 1.165) is 12.2 Å². The molecule has 0 aromatic heterocycles. The van der Waals surface area contributed by atoms with Gasteiger partial charge in [-0.25, -0.2) is 4.79 Å². The highest BCUT2D eigenvalue weighted by atomic mass is 16.2. The van der Waals surface area contributed by atoms with Gasteiger partial charge in [-0.15, -0.1) is 0 Å². The van der Waals surface area contributed by atoms with Crippen LogP contribution in [0.15, 0.2) is 12.3 Å². The summed E-state index contributed by atoms with van der Waals surface area (Å²) in [5.74, 6) is -0.229. The lowest BCUT2D eigenvalue weighted by Crippen LogP contribution is -2.61. The molecule has 1 atom stereocenters. The average Bonchev–Trinajstić information content (AvgIpc) is 2.38. The number of hydrogen-bond donors (Lipinski definition) is 2. The van der Waals surface area contributed by atoms with E-state index in [1.165, 1.54) is 0 Å². The van der Waals surface area contributed by atoms with Crippen LogP contribution < -0.4 is 10.6 Å². The maximum atomic E-state index is 11.9. The van der Waals surface area contributed by atoms with E-state index >= 15 is 0 Å². The lowest BCUT2D eigenvalue weighted by Gasteiger charge is -2.50. The van der Waals surface area contributed by atoms with Crippen molar-refractivity contribution in [3.05, 3.63) is 12.3 Å². The number of carbonyl (C=O) groups is 2. The summed E-state index contributed by atoms with van der Waals surface area (Å²) >= 11 is 0. The van der Waals surface area contributed by atoms with E-state index in [-0.39, 0.29) is 11.4 Å². The van der Waals surface area contributed by atoms with Gasteiger partial charge in [0.15, 0.2) is 0 Å². The van der Waals surface area contributed by atoms with Crippen LogP contribution in [0.1, 0.15) is 33.6 Å². The molecule has 0 radical (unpaired) electrons. The van der Waals surface area contributed by atoms with Gasteiger partial charge in [0.2, 0.25) is 0 Å². The molecule has 2 aliphatic heterocycles. The van der Waals surface area contributed by atoms with Crippen LogP contribution in [0.25, 0.3) is 0 Å². The molecule has 2 heterocycles. The monoisotopic (exact) mass is 237 g/mol. The van der Waals surface area contributed by atoms with Crippen molar-refractivity contribution >= 4 is 11.9 Å². The zero-order valence-corrected chi connectivity index (χ0v) is 10.6. The van der Waals surface area contributed by atoms with Gasteiger partial charge in [-0.1, -0.05) is 6.58 Å². The van der Waals surface area contributed by atoms with Crippen LogP contribution in [0.2, 0.25) is 0 Å². The number of imide groups is 1. The number of nitrogens with zero attached hydrogens (tertiary/aromatic N) is 1. The van der Waals surface area contributed by atoms with Gasteiger partial charge in [-0.05, 0) is 20.8 Å². The molecule has 2 saturated heterocycles. The number of urea groups is 1. The predicted octanol–water partition coefficient (Wildman–Crippen LogP) is 0.973. The molecular formula is C12H19N3O2. The molecule has 0 bridgehead atoms. The molecule has 0 saturated carbocycles. The zero-order chi connectivity index (χ0) is 12.8. The van der Waals surface area contributed by atoms with E-state index in [1.807, 2.05) is 0 Å². The van der Waals surface area contributed by atoms with Crippen molar-refractivity contribution < 1.29 is 9.59 Å². The molecular weight excluding hydrogens is 218 g/mol. The first-order valence-corrected chi connectivity index (χ1v) is 5.90. The number of likely N-dealkylation sites (tertiary alicyclic amines) is 1. The van der Waals surface area contributed by atoms with Crippen molar-refractivity contribution in [3.8, 4) is 0 Å². The molecule has 2 aliphatic rings. The zero-order valence-electron chi connectivity index (χ0n) is 10.6. The summed E-state index contributed by atoms with van der Waals surface area (Å²) in [7, 11) is 0. The lowest BCUT2D eigenvalue weighted by molar-refractivity contribution is -0.126. The third-order valence-corrected chi connectivity index (χ3v) is 3.68. The van der Waals surface area contributed by atoms with Crippen LogP contribution in [0.3, 0.4) is 0 Å². The van der Waals surface area contributed by atoms with E-state index in [1.54, 1.807) is 0 Å². The van der Waals surface area contributed by atoms with Crippen molar-refractivity contribution in [3.63, 3.8) is 0 Å². The molecule has 2 rings (SSSR count). The number of carbonyl (C=O) groups excluding carboxylic acids is 2. The predicted molar refractivity (Wildman–Crippen MR) is 64.2 cm³/mol. The van der Waals surface area contributed by atoms with E-state index in [0.29, 0.717) is 12.8 Å². The number of hydrogen-bond acceptors (Lipinski definition) is 3. The largest absolute Gasteiger partial charge is 0.370 e. The van der Waals surface area contributed by atoms with Crippen molar-refractivity contribution in [2.24, 2.45) is 0 Å². The van der Waals surface area contributed by atoms with E-state index < -0.39 is 11.6 Å². The Morgan fingerprint density at radius 2 is 2.06 bits per heavy atom. The Labute approximate surface area is 101 Å². The fraction of sp³-hybridized carbons (Fsp3) is 0.667. The van der Waals surface area contributed by atoms with Gasteiger partial charge in [0, 0.05) is 30.6 Å². The SMILES string of the molecule is C=C1CC2(CC(C)(C)N1CC)NC(=O)NC2=O. The van der Waals surface area contributed by atoms with Crippen LogP contribution in [0.4, 0.5) is 4.79 Å². The molecule has 94 valence electrons. The summed E-state index contributed by atoms with van der Waals surface area (Å²) in [6, 6.07) is -0.399. The summed E-state index contributed by atoms with van der Waals surface area (Å²) in [6.07, 6.45) is 1.09. The Bertz CT molecular complexity index is 403. The van der Waals surface area contributed by atoms with Crippen LogP contribution in [0.5, 0.6) is 0 Å². The molecule has 0 aromatic carbocycles. The molecule has 2 fully saturated rings. The quantitative estimate of drug-likeness (QED) is 0.668. The van der Waals surface area contributed by atoms with Crippen LogP contribution in [0, 0.1) is 0 Å². The highest BCUT2D eigenvalue weighted by molar-refractivity contribution is 6.07. The van der Waals surface area contributed by atoms with Gasteiger partial charge >= 0.3 is 6.03 Å². The van der Waals surface area contributed by atoms with Gasteiger partial charge in [-0.3, -0.25) is 10.1 Å². The third-order valence-electron chi connectivity index (χ3n) is 3.68. The highest BCUT2D eigenvalue weighted by Crippen LogP contribution is 2.40. The standard InChI is InChI=1S/C12H19N3O2/c1-5-15-8(2)6-12(7-11(15,3)4)9(16)13-10(17)14-12/h2,5-7H2,1,3-4H3,(H2,13,14,16,17). The van der Waals surface area contributed by atoms with E-state index in [2.05, 4.69) is 42.9 Å². The Hall–Kier alpha value is -1.52. The van der Waals surface area contributed by atoms with Crippen molar-refractivity contribution in [1.29, 1.82) is 0 Å². The second-order valence-corrected chi connectivity index (χ2v) is 5.47. The van der Waals surface area contributed by atoms with Crippen molar-refractivity contribution in [2.45, 2.75) is 44.7 Å². The second kappa shape index (κ2) is 3.48. The fourth-order valence-electron chi connectivity index (χ4n) is 3.20. The molecule has 3 amide bonds. The van der Waals surface area contributed by atoms with Gasteiger partial charge in [0.1, 0.15) is 5.54 Å². The maximum absolute atomic E-state index is 11.9. The molecule has 17 heavy (non-hydrogen) atoms. The summed E-state index contributed by atoms with van der Waals surface area (Å²) in [6.45, 7) is 11.1. The number of amides is 3. The average molecular weight is 237 g/mol. The first-order chi connectivity index (χ1) is 7.81. The minimum absolute atomic E-state index is 0.182. The minimum atomic E-state index is -0.802. The number of piperidine rings is 1. The smallest absolute Gasteiger partial charge is 0.322 e. The summed E-state index contributed by atoms with van der Waals surface area (Å²) < 4.78 is 0. The van der Waals surface area contributed by atoms with Crippen LogP contribution in [-0.4, -0.2) is 34.5 Å². The Balaban J connectivity index is 2.33. The van der Waals surface area contributed by atoms with Gasteiger partial charge in [0.25, 0.3) is 5.91 Å². The molecule has 1 unspecified atom stereocenters. The Morgan fingerprint density at radius 1 is 1.41 bits per heavy atom. The molecule has 1 spiro atoms. The fourth-order valence-corrected chi connectivity index (χ4v) is 3.20. The van der Waals surface area contributed by atoms with Gasteiger partial charge in [-0.2, -0.15) is 0 Å². The normalized spacial score (nSPS) is 31.7. The molecule has 5 nitrogen and oxygen atoms in total. The van der Waals surface area contributed by atoms with Gasteiger partial charge < -0.3 is 10.2 Å². The van der Waals surface area contributed by atoms with Crippen molar-refractivity contribution in [1.82, 2.24) is 15.5 Å². The van der Waals surface area contributed by atoms with Crippen LogP contribution in [-0.2, 0) is 4.79 Å². The van der Waals surface area contributed by atoms with Gasteiger partial charge in [0.05, 0.1) is 0 Å². The first kappa shape index (κ1) is 12.0. The Morgan fingerprint density at radius 3 is 2.47 bits per heavy atom. The van der Waals surface area contributed by atoms with E-state index in [9.17, 15) is 9.59 Å². The summed E-state index contributed by atoms with van der Waals surface area (Å²) in [4.78, 5) is 25.4. The highest BCUT2D eigenvalue weighted by Gasteiger charge is 2.54. The summed E-state index contributed by atoms with van der Waals surface area (Å²) in [5.41, 5.74) is -0.0800. The third kappa shape index (κ3) is 1.69. The van der Waals surface area contributed by atoms with Crippen molar-refractivity contribution in [2.75, 3.05) is 6.54 Å². The molecule has 2 N–H and O–H groups in total. The number of nitrogens with one attached hydrogen (secondary N) is 2. The second-order valence-electron chi connectivity index (χ2n) is 5.47.